The molecule has 1 fully saturated rings. The van der Waals surface area contributed by atoms with Gasteiger partial charge in [-0.1, -0.05) is 19.3 Å². The minimum absolute atomic E-state index is 0.512. The van der Waals surface area contributed by atoms with Gasteiger partial charge in [-0.25, -0.2) is 0 Å². The molecule has 0 aromatic heterocycles. The summed E-state index contributed by atoms with van der Waals surface area (Å²) in [6.07, 6.45) is 7.08. The van der Waals surface area contributed by atoms with Crippen LogP contribution in [-0.2, 0) is 0 Å². The third-order valence-corrected chi connectivity index (χ3v) is 3.01. The molecule has 0 aromatic rings. The van der Waals surface area contributed by atoms with Crippen molar-refractivity contribution in [3.8, 4) is 0 Å². The lowest BCUT2D eigenvalue weighted by atomic mass is 9.82. The van der Waals surface area contributed by atoms with E-state index in [4.69, 9.17) is 0 Å². The molecule has 0 aromatic carbocycles. The van der Waals surface area contributed by atoms with Gasteiger partial charge in [0, 0.05) is 5.54 Å². The van der Waals surface area contributed by atoms with E-state index in [1.165, 1.54) is 32.1 Å². The molecule has 0 unspecified atom stereocenters. The average Bonchev–Trinajstić information content (AvgIpc) is 1.89. The van der Waals surface area contributed by atoms with E-state index in [9.17, 15) is 0 Å². The highest BCUT2D eigenvalue weighted by atomic mass is 15.1. The molecule has 0 saturated heterocycles. The molecule has 0 aliphatic heterocycles. The summed E-state index contributed by atoms with van der Waals surface area (Å²) in [6.45, 7) is 2.38. The molecular weight excluding hydrogens is 122 g/mol. The predicted octanol–water partition coefficient (Wildman–Crippen LogP) is 2.27. The molecule has 0 radical (unpaired) electrons. The van der Waals surface area contributed by atoms with Gasteiger partial charge >= 0.3 is 0 Å². The van der Waals surface area contributed by atoms with E-state index < -0.39 is 0 Å². The van der Waals surface area contributed by atoms with Crippen LogP contribution in [0, 0.1) is 0 Å². The molecule has 0 N–H and O–H groups in total. The van der Waals surface area contributed by atoms with Crippen molar-refractivity contribution in [2.24, 2.45) is 0 Å². The highest BCUT2D eigenvalue weighted by molar-refractivity contribution is 4.85. The molecule has 1 heteroatoms. The van der Waals surface area contributed by atoms with Gasteiger partial charge in [0.05, 0.1) is 0 Å². The van der Waals surface area contributed by atoms with E-state index in [0.29, 0.717) is 5.54 Å². The second-order valence-corrected chi connectivity index (χ2v) is 3.95. The molecule has 0 spiro atoms. The van der Waals surface area contributed by atoms with Crippen LogP contribution in [0.3, 0.4) is 0 Å². The van der Waals surface area contributed by atoms with E-state index in [-0.39, 0.29) is 0 Å². The summed E-state index contributed by atoms with van der Waals surface area (Å²) >= 11 is 0. The number of hydrogen-bond donors (Lipinski definition) is 0. The molecular formula is C9H19N. The maximum atomic E-state index is 2.38. The van der Waals surface area contributed by atoms with Gasteiger partial charge in [0.25, 0.3) is 0 Å². The highest BCUT2D eigenvalue weighted by Crippen LogP contribution is 2.31. The summed E-state index contributed by atoms with van der Waals surface area (Å²) in [5, 5.41) is 0. The molecule has 1 aliphatic rings. The Morgan fingerprint density at radius 2 is 1.50 bits per heavy atom. The Labute approximate surface area is 64.4 Å². The van der Waals surface area contributed by atoms with Gasteiger partial charge in [0.15, 0.2) is 0 Å². The standard InChI is InChI=1S/C9H19N/c1-9(10(2)3)7-5-4-6-8-9/h4-8H2,1-3H3. The van der Waals surface area contributed by atoms with Crippen molar-refractivity contribution in [1.82, 2.24) is 4.90 Å². The normalized spacial score (nSPS) is 25.2. The second-order valence-electron chi connectivity index (χ2n) is 3.95. The summed E-state index contributed by atoms with van der Waals surface area (Å²) in [4.78, 5) is 2.38. The summed E-state index contributed by atoms with van der Waals surface area (Å²) in [5.41, 5.74) is 0.512. The van der Waals surface area contributed by atoms with E-state index in [1.807, 2.05) is 0 Å². The minimum atomic E-state index is 0.512. The van der Waals surface area contributed by atoms with E-state index in [2.05, 4.69) is 25.9 Å². The van der Waals surface area contributed by atoms with Crippen LogP contribution in [0.4, 0.5) is 0 Å². The van der Waals surface area contributed by atoms with E-state index in [1.54, 1.807) is 0 Å². The smallest absolute Gasteiger partial charge is 0.0175 e. The van der Waals surface area contributed by atoms with Gasteiger partial charge in [0.1, 0.15) is 0 Å². The first-order valence-electron chi connectivity index (χ1n) is 4.33. The lowest BCUT2D eigenvalue weighted by Gasteiger charge is -2.39. The number of rotatable bonds is 1. The van der Waals surface area contributed by atoms with Crippen LogP contribution in [0.1, 0.15) is 39.0 Å². The third kappa shape index (κ3) is 1.51. The van der Waals surface area contributed by atoms with Crippen LogP contribution < -0.4 is 0 Å². The fourth-order valence-corrected chi connectivity index (χ4v) is 1.76. The first kappa shape index (κ1) is 8.06. The van der Waals surface area contributed by atoms with Gasteiger partial charge in [-0.05, 0) is 33.9 Å². The Morgan fingerprint density at radius 1 is 1.00 bits per heavy atom. The van der Waals surface area contributed by atoms with E-state index in [0.717, 1.165) is 0 Å². The Kier molecular flexibility index (Phi) is 2.35. The number of nitrogens with zero attached hydrogens (tertiary/aromatic N) is 1. The van der Waals surface area contributed by atoms with Gasteiger partial charge in [-0.3, -0.25) is 0 Å². The Balaban J connectivity index is 2.48. The summed E-state index contributed by atoms with van der Waals surface area (Å²) < 4.78 is 0. The van der Waals surface area contributed by atoms with Crippen LogP contribution >= 0.6 is 0 Å². The molecule has 0 amide bonds. The largest absolute Gasteiger partial charge is 0.304 e. The van der Waals surface area contributed by atoms with Crippen molar-refractivity contribution in [1.29, 1.82) is 0 Å². The number of hydrogen-bond acceptors (Lipinski definition) is 1. The molecule has 10 heavy (non-hydrogen) atoms. The van der Waals surface area contributed by atoms with Crippen LogP contribution in [0.15, 0.2) is 0 Å². The van der Waals surface area contributed by atoms with Gasteiger partial charge in [-0.2, -0.15) is 0 Å². The molecule has 0 bridgehead atoms. The lowest BCUT2D eigenvalue weighted by Crippen LogP contribution is -2.42. The summed E-state index contributed by atoms with van der Waals surface area (Å²) in [5.74, 6) is 0. The molecule has 1 saturated carbocycles. The molecule has 1 aliphatic carbocycles. The molecule has 60 valence electrons. The summed E-state index contributed by atoms with van der Waals surface area (Å²) in [7, 11) is 4.40. The quantitative estimate of drug-likeness (QED) is 0.541. The van der Waals surface area contributed by atoms with Crippen LogP contribution in [0.5, 0.6) is 0 Å². The molecule has 1 rings (SSSR count). The second kappa shape index (κ2) is 2.91. The minimum Gasteiger partial charge on any atom is -0.304 e. The molecule has 0 heterocycles. The van der Waals surface area contributed by atoms with Crippen molar-refractivity contribution < 1.29 is 0 Å². The fourth-order valence-electron chi connectivity index (χ4n) is 1.76. The zero-order valence-corrected chi connectivity index (χ0v) is 7.48. The Morgan fingerprint density at radius 3 is 1.80 bits per heavy atom. The van der Waals surface area contributed by atoms with Crippen LogP contribution in [0.2, 0.25) is 0 Å². The monoisotopic (exact) mass is 141 g/mol. The van der Waals surface area contributed by atoms with Gasteiger partial charge in [-0.15, -0.1) is 0 Å². The first-order chi connectivity index (χ1) is 4.65. The van der Waals surface area contributed by atoms with Crippen molar-refractivity contribution in [3.05, 3.63) is 0 Å². The predicted molar refractivity (Wildman–Crippen MR) is 45.2 cm³/mol. The molecule has 0 atom stereocenters. The molecule has 1 nitrogen and oxygen atoms in total. The topological polar surface area (TPSA) is 3.24 Å². The third-order valence-electron chi connectivity index (χ3n) is 3.01. The van der Waals surface area contributed by atoms with Crippen molar-refractivity contribution in [2.75, 3.05) is 14.1 Å². The average molecular weight is 141 g/mol. The van der Waals surface area contributed by atoms with Crippen LogP contribution in [0.25, 0.3) is 0 Å². The Hall–Kier alpha value is -0.0400. The van der Waals surface area contributed by atoms with E-state index >= 15 is 0 Å². The zero-order valence-electron chi connectivity index (χ0n) is 7.48. The first-order valence-corrected chi connectivity index (χ1v) is 4.33. The lowest BCUT2D eigenvalue weighted by molar-refractivity contribution is 0.120. The van der Waals surface area contributed by atoms with Crippen molar-refractivity contribution in [2.45, 2.75) is 44.6 Å². The van der Waals surface area contributed by atoms with Crippen molar-refractivity contribution >= 4 is 0 Å². The van der Waals surface area contributed by atoms with Crippen LogP contribution in [-0.4, -0.2) is 24.5 Å². The van der Waals surface area contributed by atoms with Crippen molar-refractivity contribution in [3.63, 3.8) is 0 Å². The maximum Gasteiger partial charge on any atom is 0.0175 e. The summed E-state index contributed by atoms with van der Waals surface area (Å²) in [6, 6.07) is 0. The van der Waals surface area contributed by atoms with Gasteiger partial charge < -0.3 is 4.90 Å². The Bertz CT molecular complexity index is 101. The maximum absolute atomic E-state index is 2.38. The van der Waals surface area contributed by atoms with Gasteiger partial charge in [0.2, 0.25) is 0 Å². The SMILES string of the molecule is CN(C)C1(C)CCCCC1. The fraction of sp³-hybridized carbons (Fsp3) is 1.00. The highest BCUT2D eigenvalue weighted by Gasteiger charge is 2.28. The zero-order chi connectivity index (χ0) is 7.61.